The number of aryl methyl sites for hydroxylation is 1. The number of carbonyl (C=O) groups is 2. The maximum absolute atomic E-state index is 13.9. The van der Waals surface area contributed by atoms with Crippen molar-refractivity contribution in [2.75, 3.05) is 19.6 Å². The zero-order valence-electron chi connectivity index (χ0n) is 21.8. The number of aromatic nitrogens is 1. The first-order valence-corrected chi connectivity index (χ1v) is 13.9. The fourth-order valence-electron chi connectivity index (χ4n) is 6.65. The van der Waals surface area contributed by atoms with Crippen LogP contribution in [-0.4, -0.2) is 63.4 Å². The second kappa shape index (κ2) is 10.00. The summed E-state index contributed by atoms with van der Waals surface area (Å²) in [5, 5.41) is 3.33. The standard InChI is InChI=1S/C28H42N4O3/c1-4-22-13-8-9-14-30(22)15-10-16-32-26(33)24-18-25-23(17-20(2)35-25)31(24)19-28(32,3)27(34)29-21-11-6-5-7-12-21/h17-18,21-22H,4-16,19H2,1-3H3,(H,29,34). The number of fused-ring (bicyclic) bond motifs is 3. The van der Waals surface area contributed by atoms with Crippen LogP contribution in [0.1, 0.15) is 94.3 Å². The highest BCUT2D eigenvalue weighted by molar-refractivity contribution is 6.03. The Hall–Kier alpha value is -2.28. The van der Waals surface area contributed by atoms with E-state index < -0.39 is 5.54 Å². The van der Waals surface area contributed by atoms with Gasteiger partial charge < -0.3 is 24.1 Å². The van der Waals surface area contributed by atoms with Crippen molar-refractivity contribution in [1.29, 1.82) is 0 Å². The molecule has 35 heavy (non-hydrogen) atoms. The number of furan rings is 1. The van der Waals surface area contributed by atoms with E-state index in [1.807, 2.05) is 35.4 Å². The molecular weight excluding hydrogens is 440 g/mol. The Balaban J connectivity index is 1.39. The molecule has 2 unspecified atom stereocenters. The minimum atomic E-state index is -0.926. The van der Waals surface area contributed by atoms with Crippen molar-refractivity contribution in [3.63, 3.8) is 0 Å². The lowest BCUT2D eigenvalue weighted by Gasteiger charge is -2.45. The molecule has 2 fully saturated rings. The average molecular weight is 483 g/mol. The summed E-state index contributed by atoms with van der Waals surface area (Å²) < 4.78 is 7.84. The summed E-state index contributed by atoms with van der Waals surface area (Å²) in [4.78, 5) is 32.1. The molecule has 0 bridgehead atoms. The number of hydrogen-bond acceptors (Lipinski definition) is 4. The number of rotatable bonds is 7. The highest BCUT2D eigenvalue weighted by Crippen LogP contribution is 2.34. The smallest absolute Gasteiger partial charge is 0.271 e. The van der Waals surface area contributed by atoms with Crippen LogP contribution in [-0.2, 0) is 11.3 Å². The van der Waals surface area contributed by atoms with Crippen LogP contribution in [0.5, 0.6) is 0 Å². The van der Waals surface area contributed by atoms with E-state index in [0.29, 0.717) is 24.8 Å². The van der Waals surface area contributed by atoms with Gasteiger partial charge in [-0.1, -0.05) is 32.6 Å². The number of amides is 2. The summed E-state index contributed by atoms with van der Waals surface area (Å²) >= 11 is 0. The third-order valence-electron chi connectivity index (χ3n) is 8.72. The van der Waals surface area contributed by atoms with E-state index in [1.54, 1.807) is 0 Å². The molecule has 0 aromatic carbocycles. The molecular formula is C28H42N4O3. The Morgan fingerprint density at radius 2 is 1.89 bits per heavy atom. The molecule has 5 rings (SSSR count). The molecule has 192 valence electrons. The molecule has 1 aliphatic carbocycles. The fraction of sp³-hybridized carbons (Fsp3) is 0.714. The van der Waals surface area contributed by atoms with Crippen LogP contribution in [0.3, 0.4) is 0 Å². The molecule has 0 spiro atoms. The molecule has 2 aromatic rings. The minimum Gasteiger partial charge on any atom is -0.460 e. The van der Waals surface area contributed by atoms with Gasteiger partial charge in [0.25, 0.3) is 5.91 Å². The molecule has 0 radical (unpaired) electrons. The Bertz CT molecular complexity index is 1070. The van der Waals surface area contributed by atoms with Crippen molar-refractivity contribution in [3.05, 3.63) is 23.6 Å². The van der Waals surface area contributed by atoms with E-state index in [0.717, 1.165) is 62.1 Å². The molecule has 7 heteroatoms. The number of nitrogens with one attached hydrogen (secondary N) is 1. The number of nitrogens with zero attached hydrogens (tertiary/aromatic N) is 3. The van der Waals surface area contributed by atoms with E-state index in [9.17, 15) is 9.59 Å². The number of hydrogen-bond donors (Lipinski definition) is 1. The topological polar surface area (TPSA) is 70.7 Å². The monoisotopic (exact) mass is 482 g/mol. The lowest BCUT2D eigenvalue weighted by atomic mass is 9.91. The van der Waals surface area contributed by atoms with Gasteiger partial charge in [-0.3, -0.25) is 9.59 Å². The van der Waals surface area contributed by atoms with Crippen LogP contribution in [0.15, 0.2) is 16.5 Å². The molecule has 4 heterocycles. The summed E-state index contributed by atoms with van der Waals surface area (Å²) in [6.07, 6.45) is 11.5. The zero-order valence-corrected chi connectivity index (χ0v) is 21.8. The second-order valence-electron chi connectivity index (χ2n) is 11.2. The first-order chi connectivity index (χ1) is 16.9. The van der Waals surface area contributed by atoms with Gasteiger partial charge in [-0.15, -0.1) is 0 Å². The van der Waals surface area contributed by atoms with Crippen LogP contribution in [0.25, 0.3) is 11.1 Å². The first-order valence-electron chi connectivity index (χ1n) is 13.9. The van der Waals surface area contributed by atoms with Crippen LogP contribution in [0.4, 0.5) is 0 Å². The van der Waals surface area contributed by atoms with E-state index >= 15 is 0 Å². The number of carbonyl (C=O) groups excluding carboxylic acids is 2. The molecule has 2 aromatic heterocycles. The van der Waals surface area contributed by atoms with Gasteiger partial charge in [-0.2, -0.15) is 0 Å². The van der Waals surface area contributed by atoms with E-state index in [1.165, 1.54) is 32.1 Å². The molecule has 2 amide bonds. The summed E-state index contributed by atoms with van der Waals surface area (Å²) in [5.74, 6) is 0.739. The van der Waals surface area contributed by atoms with Gasteiger partial charge in [0.1, 0.15) is 17.0 Å². The Morgan fingerprint density at radius 1 is 1.11 bits per heavy atom. The molecule has 2 atom stereocenters. The Labute approximate surface area is 209 Å². The fourth-order valence-corrected chi connectivity index (χ4v) is 6.65. The van der Waals surface area contributed by atoms with Crippen molar-refractivity contribution in [2.45, 2.75) is 109 Å². The van der Waals surface area contributed by atoms with E-state index in [4.69, 9.17) is 4.42 Å². The zero-order chi connectivity index (χ0) is 24.6. The normalized spacial score (nSPS) is 26.3. The second-order valence-corrected chi connectivity index (χ2v) is 11.2. The molecule has 1 saturated heterocycles. The van der Waals surface area contributed by atoms with Gasteiger partial charge in [-0.25, -0.2) is 0 Å². The Morgan fingerprint density at radius 3 is 2.66 bits per heavy atom. The van der Waals surface area contributed by atoms with Crippen LogP contribution in [0.2, 0.25) is 0 Å². The molecule has 7 nitrogen and oxygen atoms in total. The first kappa shape index (κ1) is 24.4. The lowest BCUT2D eigenvalue weighted by molar-refractivity contribution is -0.133. The van der Waals surface area contributed by atoms with Crippen molar-refractivity contribution < 1.29 is 14.0 Å². The number of likely N-dealkylation sites (tertiary alicyclic amines) is 1. The largest absolute Gasteiger partial charge is 0.460 e. The predicted octanol–water partition coefficient (Wildman–Crippen LogP) is 4.86. The summed E-state index contributed by atoms with van der Waals surface area (Å²) in [7, 11) is 0. The van der Waals surface area contributed by atoms with E-state index in [2.05, 4.69) is 17.1 Å². The lowest BCUT2D eigenvalue weighted by Crippen LogP contribution is -2.65. The summed E-state index contributed by atoms with van der Waals surface area (Å²) in [5.41, 5.74) is 1.33. The van der Waals surface area contributed by atoms with E-state index in [-0.39, 0.29) is 17.9 Å². The van der Waals surface area contributed by atoms with Crippen molar-refractivity contribution in [3.8, 4) is 0 Å². The highest BCUT2D eigenvalue weighted by atomic mass is 16.3. The minimum absolute atomic E-state index is 0.0186. The summed E-state index contributed by atoms with van der Waals surface area (Å²) in [6.45, 7) is 9.32. The van der Waals surface area contributed by atoms with Gasteiger partial charge in [0, 0.05) is 37.3 Å². The van der Waals surface area contributed by atoms with Gasteiger partial charge in [-0.05, 0) is 58.9 Å². The van der Waals surface area contributed by atoms with Crippen molar-refractivity contribution in [2.24, 2.45) is 0 Å². The third-order valence-corrected chi connectivity index (χ3v) is 8.72. The molecule has 1 saturated carbocycles. The maximum Gasteiger partial charge on any atom is 0.271 e. The van der Waals surface area contributed by atoms with Crippen LogP contribution < -0.4 is 5.32 Å². The van der Waals surface area contributed by atoms with Gasteiger partial charge in [0.15, 0.2) is 5.58 Å². The SMILES string of the molecule is CCC1CCCCN1CCCN1C(=O)c2cc3oc(C)cc3n2CC1(C)C(=O)NC1CCCCC1. The molecule has 2 aliphatic heterocycles. The molecule has 1 N–H and O–H groups in total. The van der Waals surface area contributed by atoms with Crippen LogP contribution >= 0.6 is 0 Å². The van der Waals surface area contributed by atoms with Crippen molar-refractivity contribution >= 4 is 22.9 Å². The van der Waals surface area contributed by atoms with Crippen molar-refractivity contribution in [1.82, 2.24) is 19.7 Å². The average Bonchev–Trinajstić information content (AvgIpc) is 3.38. The third kappa shape index (κ3) is 4.64. The Kier molecular flexibility index (Phi) is 6.97. The maximum atomic E-state index is 13.9. The van der Waals surface area contributed by atoms with Gasteiger partial charge >= 0.3 is 0 Å². The quantitative estimate of drug-likeness (QED) is 0.612. The van der Waals surface area contributed by atoms with Gasteiger partial charge in [0.2, 0.25) is 5.91 Å². The molecule has 3 aliphatic rings. The number of piperidine rings is 1. The highest BCUT2D eigenvalue weighted by Gasteiger charge is 2.48. The predicted molar refractivity (Wildman–Crippen MR) is 138 cm³/mol. The van der Waals surface area contributed by atoms with Crippen LogP contribution in [0, 0.1) is 6.92 Å². The van der Waals surface area contributed by atoms with Gasteiger partial charge in [0.05, 0.1) is 12.1 Å². The summed E-state index contributed by atoms with van der Waals surface area (Å²) in [6, 6.07) is 4.69.